The summed E-state index contributed by atoms with van der Waals surface area (Å²) in [7, 11) is 0. The predicted octanol–water partition coefficient (Wildman–Crippen LogP) is 3.00. The maximum atomic E-state index is 6.80. The van der Waals surface area contributed by atoms with Crippen molar-refractivity contribution in [3.8, 4) is 0 Å². The molecule has 4 heteroatoms. The fraction of sp³-hybridized carbons (Fsp3) is 0.143. The van der Waals surface area contributed by atoms with E-state index in [9.17, 15) is 0 Å². The molecule has 0 aliphatic heterocycles. The highest BCUT2D eigenvalue weighted by Crippen LogP contribution is 2.30. The average molecular weight is 214 g/mol. The predicted molar refractivity (Wildman–Crippen MR) is 48.1 cm³/mol. The van der Waals surface area contributed by atoms with Crippen molar-refractivity contribution in [2.75, 3.05) is 5.73 Å². The molecule has 0 unspecified atom stereocenters. The number of halogens is 1. The lowest BCUT2D eigenvalue weighted by molar-refractivity contribution is 1.14. The molecule has 1 aromatic carbocycles. The van der Waals surface area contributed by atoms with Gasteiger partial charge in [0.25, 0.3) is 0 Å². The number of nitrogens with two attached hydrogens (primary N) is 1. The molecule has 11 heavy (non-hydrogen) atoms. The molecule has 0 bridgehead atoms. The summed E-state index contributed by atoms with van der Waals surface area (Å²) in [5.41, 5.74) is 14.5. The van der Waals surface area contributed by atoms with E-state index in [1.807, 2.05) is 13.0 Å². The third-order valence-electron chi connectivity index (χ3n) is 1.37. The molecule has 0 saturated heterocycles. The van der Waals surface area contributed by atoms with Crippen LogP contribution in [0, 0.1) is 12.5 Å². The summed E-state index contributed by atoms with van der Waals surface area (Å²) in [4.78, 5) is 0. The second-order valence-electron chi connectivity index (χ2n) is 2.29. The van der Waals surface area contributed by atoms with Gasteiger partial charge in [-0.1, -0.05) is 0 Å². The number of nitrogens with zero attached hydrogens (tertiary/aromatic N) is 1. The monoisotopic (exact) mass is 213 g/mol. The Kier molecular flexibility index (Phi) is 2.24. The van der Waals surface area contributed by atoms with E-state index in [0.29, 0.717) is 11.4 Å². The van der Waals surface area contributed by atoms with Gasteiger partial charge in [0.15, 0.2) is 0 Å². The summed E-state index contributed by atoms with van der Waals surface area (Å²) in [5.74, 6) is 0. The summed E-state index contributed by atoms with van der Waals surface area (Å²) in [6, 6.07) is 3.66. The second kappa shape index (κ2) is 3.00. The fourth-order valence-electron chi connectivity index (χ4n) is 0.828. The summed E-state index contributed by atoms with van der Waals surface area (Å²) < 4.78 is 0.795. The van der Waals surface area contributed by atoms with E-state index in [4.69, 9.17) is 11.3 Å². The number of nitrogens with one attached hydrogen (secondary N) is 1. The Hall–Kier alpha value is -0.900. The minimum absolute atomic E-state index is 0.511. The molecule has 0 heterocycles. The van der Waals surface area contributed by atoms with Crippen LogP contribution in [0.5, 0.6) is 0 Å². The standard InChI is InChI=1S/C7H8BrN3/c1-4-2-5(8)7(9)6(3-4)11-10/h2-3,10H,9H2,1H3. The maximum Gasteiger partial charge on any atom is 0.109 e. The van der Waals surface area contributed by atoms with Crippen molar-refractivity contribution in [3.63, 3.8) is 0 Å². The van der Waals surface area contributed by atoms with Crippen molar-refractivity contribution in [2.45, 2.75) is 6.92 Å². The van der Waals surface area contributed by atoms with E-state index >= 15 is 0 Å². The number of hydrogen-bond acceptors (Lipinski definition) is 3. The van der Waals surface area contributed by atoms with Gasteiger partial charge in [-0.15, -0.1) is 0 Å². The Morgan fingerprint density at radius 2 is 2.18 bits per heavy atom. The quantitative estimate of drug-likeness (QED) is 0.547. The number of anilines is 1. The van der Waals surface area contributed by atoms with Gasteiger partial charge in [-0.3, -0.25) is 0 Å². The molecular formula is C7H8BrN3. The van der Waals surface area contributed by atoms with Gasteiger partial charge in [0, 0.05) is 4.47 Å². The van der Waals surface area contributed by atoms with Crippen molar-refractivity contribution in [1.29, 1.82) is 5.53 Å². The molecular weight excluding hydrogens is 206 g/mol. The van der Waals surface area contributed by atoms with E-state index in [2.05, 4.69) is 21.0 Å². The third kappa shape index (κ3) is 1.57. The van der Waals surface area contributed by atoms with Crippen molar-refractivity contribution in [3.05, 3.63) is 22.2 Å². The minimum Gasteiger partial charge on any atom is -0.396 e. The Bertz CT molecular complexity index is 296. The molecule has 3 nitrogen and oxygen atoms in total. The van der Waals surface area contributed by atoms with Gasteiger partial charge >= 0.3 is 0 Å². The fourth-order valence-corrected chi connectivity index (χ4v) is 1.39. The molecule has 3 N–H and O–H groups in total. The number of nitrogen functional groups attached to an aromatic ring is 1. The molecule has 0 aliphatic carbocycles. The van der Waals surface area contributed by atoms with Crippen LogP contribution in [0.15, 0.2) is 21.7 Å². The maximum absolute atomic E-state index is 6.80. The van der Waals surface area contributed by atoms with E-state index in [1.165, 1.54) is 0 Å². The molecule has 1 rings (SSSR count). The van der Waals surface area contributed by atoms with Crippen molar-refractivity contribution >= 4 is 27.3 Å². The van der Waals surface area contributed by atoms with Gasteiger partial charge < -0.3 is 5.73 Å². The van der Waals surface area contributed by atoms with Gasteiger partial charge in [0.2, 0.25) is 0 Å². The second-order valence-corrected chi connectivity index (χ2v) is 3.15. The van der Waals surface area contributed by atoms with Crippen LogP contribution in [0.3, 0.4) is 0 Å². The summed E-state index contributed by atoms with van der Waals surface area (Å²) in [5, 5.41) is 3.29. The topological polar surface area (TPSA) is 62.2 Å². The van der Waals surface area contributed by atoms with E-state index in [1.54, 1.807) is 6.07 Å². The van der Waals surface area contributed by atoms with Gasteiger partial charge in [-0.25, -0.2) is 5.53 Å². The van der Waals surface area contributed by atoms with Crippen molar-refractivity contribution < 1.29 is 0 Å². The van der Waals surface area contributed by atoms with Gasteiger partial charge in [0.1, 0.15) is 5.69 Å². The number of benzene rings is 1. The third-order valence-corrected chi connectivity index (χ3v) is 2.03. The van der Waals surface area contributed by atoms with Crippen LogP contribution in [0.25, 0.3) is 0 Å². The Morgan fingerprint density at radius 3 is 2.73 bits per heavy atom. The Morgan fingerprint density at radius 1 is 1.55 bits per heavy atom. The number of aryl methyl sites for hydroxylation is 1. The van der Waals surface area contributed by atoms with Gasteiger partial charge in [-0.05, 0) is 40.5 Å². The minimum atomic E-state index is 0.511. The SMILES string of the molecule is Cc1cc(Br)c(N)c(N=N)c1. The smallest absolute Gasteiger partial charge is 0.109 e. The summed E-state index contributed by atoms with van der Waals surface area (Å²) in [6.45, 7) is 1.93. The normalized spacial score (nSPS) is 9.64. The lowest BCUT2D eigenvalue weighted by Gasteiger charge is -2.02. The first kappa shape index (κ1) is 8.20. The lowest BCUT2D eigenvalue weighted by atomic mass is 10.2. The molecule has 0 atom stereocenters. The highest BCUT2D eigenvalue weighted by Gasteiger charge is 2.02. The van der Waals surface area contributed by atoms with Crippen LogP contribution >= 0.6 is 15.9 Å². The summed E-state index contributed by atoms with van der Waals surface area (Å²) in [6.07, 6.45) is 0. The van der Waals surface area contributed by atoms with Crippen LogP contribution in [0.1, 0.15) is 5.56 Å². The molecule has 0 amide bonds. The highest BCUT2D eigenvalue weighted by molar-refractivity contribution is 9.10. The lowest BCUT2D eigenvalue weighted by Crippen LogP contribution is -1.87. The molecule has 0 radical (unpaired) electrons. The molecule has 0 saturated carbocycles. The molecule has 58 valence electrons. The number of rotatable bonds is 1. The summed E-state index contributed by atoms with van der Waals surface area (Å²) >= 11 is 3.27. The first-order valence-corrected chi connectivity index (χ1v) is 3.87. The first-order valence-electron chi connectivity index (χ1n) is 3.08. The van der Waals surface area contributed by atoms with E-state index in [0.717, 1.165) is 10.0 Å². The molecule has 1 aromatic rings. The van der Waals surface area contributed by atoms with E-state index < -0.39 is 0 Å². The highest BCUT2D eigenvalue weighted by atomic mass is 79.9. The van der Waals surface area contributed by atoms with Crippen LogP contribution in [-0.2, 0) is 0 Å². The molecule has 0 fully saturated rings. The Labute approximate surface area is 73.2 Å². The Balaban J connectivity index is 3.35. The molecule has 0 aliphatic rings. The zero-order valence-electron chi connectivity index (χ0n) is 6.06. The van der Waals surface area contributed by atoms with Crippen LogP contribution in [0.4, 0.5) is 11.4 Å². The zero-order chi connectivity index (χ0) is 8.43. The van der Waals surface area contributed by atoms with Crippen LogP contribution in [0.2, 0.25) is 0 Å². The van der Waals surface area contributed by atoms with Crippen LogP contribution < -0.4 is 5.73 Å². The van der Waals surface area contributed by atoms with Crippen LogP contribution in [-0.4, -0.2) is 0 Å². The molecule has 0 spiro atoms. The largest absolute Gasteiger partial charge is 0.396 e. The molecule has 0 aromatic heterocycles. The first-order chi connectivity index (χ1) is 5.15. The van der Waals surface area contributed by atoms with E-state index in [-0.39, 0.29) is 0 Å². The average Bonchev–Trinajstić information content (AvgIpc) is 1.96. The van der Waals surface area contributed by atoms with Gasteiger partial charge in [0.05, 0.1) is 5.69 Å². The van der Waals surface area contributed by atoms with Crippen molar-refractivity contribution in [2.24, 2.45) is 5.11 Å². The zero-order valence-corrected chi connectivity index (χ0v) is 7.64. The number of hydrogen-bond donors (Lipinski definition) is 2. The van der Waals surface area contributed by atoms with Crippen molar-refractivity contribution in [1.82, 2.24) is 0 Å². The van der Waals surface area contributed by atoms with Gasteiger partial charge in [-0.2, -0.15) is 5.11 Å².